The van der Waals surface area contributed by atoms with Gasteiger partial charge in [0.25, 0.3) is 0 Å². The van der Waals surface area contributed by atoms with Crippen LogP contribution in [-0.2, 0) is 25.9 Å². The molecule has 0 bridgehead atoms. The predicted molar refractivity (Wildman–Crippen MR) is 109 cm³/mol. The average molecular weight is 412 g/mol. The summed E-state index contributed by atoms with van der Waals surface area (Å²) >= 11 is 1.47. The molecule has 0 aliphatic heterocycles. The van der Waals surface area contributed by atoms with Gasteiger partial charge in [0.05, 0.1) is 0 Å². The van der Waals surface area contributed by atoms with Crippen LogP contribution in [0.3, 0.4) is 0 Å². The van der Waals surface area contributed by atoms with E-state index in [9.17, 15) is 5.11 Å². The van der Waals surface area contributed by atoms with Crippen molar-refractivity contribution in [3.8, 4) is 5.75 Å². The van der Waals surface area contributed by atoms with Crippen molar-refractivity contribution in [2.75, 3.05) is 0 Å². The van der Waals surface area contributed by atoms with Crippen LogP contribution in [0.25, 0.3) is 5.32 Å². The van der Waals surface area contributed by atoms with E-state index in [4.69, 9.17) is 5.32 Å². The molecule has 0 saturated carbocycles. The van der Waals surface area contributed by atoms with Crippen molar-refractivity contribution < 1.29 is 24.5 Å². The fraction of sp³-hybridized carbons (Fsp3) is 0.400. The number of hydrogen-bond donors (Lipinski definition) is 1. The van der Waals surface area contributed by atoms with Crippen LogP contribution in [0.4, 0.5) is 0 Å². The van der Waals surface area contributed by atoms with Gasteiger partial charge in [0.15, 0.2) is 0 Å². The number of rotatable bonds is 4. The summed E-state index contributed by atoms with van der Waals surface area (Å²) in [5.74, 6) is 0.424. The number of phenolic OH excluding ortho intramolecular Hbond substituents is 1. The van der Waals surface area contributed by atoms with Gasteiger partial charge in [-0.2, -0.15) is 0 Å². The normalized spacial score (nSPS) is 11.4. The minimum atomic E-state index is -0.0355. The minimum absolute atomic E-state index is 0.0355. The Labute approximate surface area is 169 Å². The average Bonchev–Trinajstić information content (AvgIpc) is 2.53. The summed E-state index contributed by atoms with van der Waals surface area (Å²) in [6, 6.07) is 10.7. The van der Waals surface area contributed by atoms with Gasteiger partial charge in [0.2, 0.25) is 0 Å². The van der Waals surface area contributed by atoms with E-state index in [0.717, 1.165) is 17.4 Å². The second-order valence-corrected chi connectivity index (χ2v) is 8.58. The molecule has 2 nitrogen and oxygen atoms in total. The van der Waals surface area contributed by atoms with Gasteiger partial charge in [-0.05, 0) is 43.3 Å². The number of halogens is 1. The van der Waals surface area contributed by atoms with Crippen LogP contribution >= 0.6 is 17.9 Å². The van der Waals surface area contributed by atoms with Crippen LogP contribution in [0, 0.1) is 20.8 Å². The summed E-state index contributed by atoms with van der Waals surface area (Å²) in [4.78, 5) is 0. The number of nitrogens with zero attached hydrogens (tertiary/aromatic N) is 1. The molecule has 5 heteroatoms. The Kier molecular flexibility index (Phi) is 9.16. The summed E-state index contributed by atoms with van der Waals surface area (Å²) in [6.07, 6.45) is 0. The molecule has 2 aromatic rings. The Morgan fingerprint density at radius 1 is 1.00 bits per heavy atom. The van der Waals surface area contributed by atoms with Crippen LogP contribution in [0.15, 0.2) is 30.3 Å². The van der Waals surface area contributed by atoms with Crippen molar-refractivity contribution >= 4 is 28.5 Å². The number of hydrogen-bond acceptors (Lipinski definition) is 1. The van der Waals surface area contributed by atoms with Crippen molar-refractivity contribution in [3.05, 3.63) is 57.9 Å². The van der Waals surface area contributed by atoms with Crippen molar-refractivity contribution in [1.29, 1.82) is 0 Å². The molecule has 0 aliphatic rings. The van der Waals surface area contributed by atoms with Gasteiger partial charge < -0.3 is 10.4 Å². The molecule has 0 amide bonds. The monoisotopic (exact) mass is 411 g/mol. The molecule has 25 heavy (non-hydrogen) atoms. The quantitative estimate of drug-likeness (QED) is 0.537. The Morgan fingerprint density at radius 2 is 1.64 bits per heavy atom. The zero-order valence-electron chi connectivity index (χ0n) is 15.9. The standard InChI is InChI=1S/C20H27NOP.ClH.Ti/c1-13-7-8-17(16(10-13)12-21-20(4,5)6)23-18-11-14(2)9-15(3)19(18)22;;/h7-11,22-23H,12H2,1-6H3;1H;/q-1;;+2/p-1. The van der Waals surface area contributed by atoms with Gasteiger partial charge in [-0.25, -0.2) is 0 Å². The van der Waals surface area contributed by atoms with Gasteiger partial charge in [0.1, 0.15) is 5.75 Å². The molecule has 0 radical (unpaired) electrons. The third-order valence-electron chi connectivity index (χ3n) is 3.70. The fourth-order valence-electron chi connectivity index (χ4n) is 2.50. The SMILES string of the molecule is Cc1ccc(Pc2cc(C)cc(C)c2O)c(C[N-]C(C)(C)C)c1.[Cl][Ti+]. The summed E-state index contributed by atoms with van der Waals surface area (Å²) in [5, 5.41) is 17.4. The summed E-state index contributed by atoms with van der Waals surface area (Å²) in [5.41, 5.74) is 4.61. The van der Waals surface area contributed by atoms with Crippen LogP contribution in [0.2, 0.25) is 0 Å². The third-order valence-corrected chi connectivity index (χ3v) is 5.11. The van der Waals surface area contributed by atoms with Gasteiger partial charge in [0, 0.05) is 5.30 Å². The third kappa shape index (κ3) is 7.41. The maximum atomic E-state index is 10.4. The fourth-order valence-corrected chi connectivity index (χ4v) is 3.88. The summed E-state index contributed by atoms with van der Waals surface area (Å²) in [7, 11) is 5.09. The van der Waals surface area contributed by atoms with Gasteiger partial charge in [-0.3, -0.25) is 0 Å². The molecule has 1 N–H and O–H groups in total. The Hall–Kier alpha value is -0.366. The number of benzene rings is 2. The van der Waals surface area contributed by atoms with Crippen LogP contribution in [0.5, 0.6) is 5.75 Å². The van der Waals surface area contributed by atoms with Crippen LogP contribution in [-0.4, -0.2) is 10.6 Å². The van der Waals surface area contributed by atoms with E-state index >= 15 is 0 Å². The van der Waals surface area contributed by atoms with Gasteiger partial charge in [-0.1, -0.05) is 64.7 Å². The summed E-state index contributed by atoms with van der Waals surface area (Å²) < 4.78 is 0. The van der Waals surface area contributed by atoms with Crippen molar-refractivity contribution in [1.82, 2.24) is 0 Å². The van der Waals surface area contributed by atoms with Crippen molar-refractivity contribution in [2.45, 2.75) is 53.6 Å². The van der Waals surface area contributed by atoms with E-state index in [1.54, 1.807) is 0 Å². The van der Waals surface area contributed by atoms with E-state index in [-0.39, 0.29) is 5.54 Å². The number of phenols is 1. The molecule has 0 heterocycles. The molecule has 134 valence electrons. The van der Waals surface area contributed by atoms with E-state index in [1.807, 2.05) is 13.0 Å². The second-order valence-electron chi connectivity index (χ2n) is 7.25. The molecule has 0 saturated heterocycles. The zero-order chi connectivity index (χ0) is 19.2. The zero-order valence-corrected chi connectivity index (χ0v) is 19.2. The molecule has 0 spiro atoms. The Balaban J connectivity index is 0.00000151. The molecule has 2 rings (SSSR count). The van der Waals surface area contributed by atoms with E-state index < -0.39 is 0 Å². The molecular weight excluding hydrogens is 385 g/mol. The molecular formula is C20H27ClNOPTi. The first kappa shape index (κ1) is 22.7. The number of aromatic hydroxyl groups is 1. The second kappa shape index (κ2) is 10.1. The van der Waals surface area contributed by atoms with Gasteiger partial charge >= 0.3 is 28.7 Å². The number of aryl methyl sites for hydroxylation is 3. The van der Waals surface area contributed by atoms with Crippen molar-refractivity contribution in [3.63, 3.8) is 0 Å². The Bertz CT molecular complexity index is 714. The van der Waals surface area contributed by atoms with E-state index in [2.05, 4.69) is 68.2 Å². The molecule has 1 unspecified atom stereocenters. The maximum absolute atomic E-state index is 10.4. The first-order valence-corrected chi connectivity index (χ1v) is 11.3. The Morgan fingerprint density at radius 3 is 2.24 bits per heavy atom. The van der Waals surface area contributed by atoms with Crippen molar-refractivity contribution in [2.24, 2.45) is 0 Å². The molecule has 0 aromatic heterocycles. The first-order chi connectivity index (χ1) is 11.7. The van der Waals surface area contributed by atoms with Crippen LogP contribution in [0.1, 0.15) is 43.0 Å². The van der Waals surface area contributed by atoms with Crippen LogP contribution < -0.4 is 10.6 Å². The molecule has 1 atom stereocenters. The molecule has 0 aliphatic carbocycles. The molecule has 0 fully saturated rings. The van der Waals surface area contributed by atoms with E-state index in [1.165, 1.54) is 41.4 Å². The van der Waals surface area contributed by atoms with Gasteiger partial charge in [-0.15, -0.1) is 12.1 Å². The first-order valence-electron chi connectivity index (χ1n) is 8.20. The van der Waals surface area contributed by atoms with E-state index in [0.29, 0.717) is 14.3 Å². The predicted octanol–water partition coefficient (Wildman–Crippen LogP) is 5.31. The topological polar surface area (TPSA) is 34.3 Å². The summed E-state index contributed by atoms with van der Waals surface area (Å²) in [6.45, 7) is 13.2. The molecule has 2 aromatic carbocycles.